The SMILES string of the molecule is CC(C)(C)OC(=O)N1C2CCC1CC(CCN=[N+]=[N-])C2. The van der Waals surface area contributed by atoms with Crippen molar-refractivity contribution >= 4 is 6.09 Å². The summed E-state index contributed by atoms with van der Waals surface area (Å²) in [5.74, 6) is 0.566. The van der Waals surface area contributed by atoms with Crippen LogP contribution in [0.2, 0.25) is 0 Å². The van der Waals surface area contributed by atoms with Crippen molar-refractivity contribution in [2.24, 2.45) is 11.0 Å². The van der Waals surface area contributed by atoms with Gasteiger partial charge in [0.2, 0.25) is 0 Å². The number of fused-ring (bicyclic) bond motifs is 2. The summed E-state index contributed by atoms with van der Waals surface area (Å²) in [6.45, 7) is 6.27. The summed E-state index contributed by atoms with van der Waals surface area (Å²) in [5.41, 5.74) is 7.89. The molecular formula is C14H24N4O2. The van der Waals surface area contributed by atoms with E-state index in [1.54, 1.807) is 0 Å². The molecule has 0 aromatic heterocycles. The third-order valence-corrected chi connectivity index (χ3v) is 4.14. The molecule has 0 N–H and O–H groups in total. The predicted octanol–water partition coefficient (Wildman–Crippen LogP) is 3.86. The summed E-state index contributed by atoms with van der Waals surface area (Å²) in [5, 5.41) is 3.61. The Morgan fingerprint density at radius 2 is 1.95 bits per heavy atom. The van der Waals surface area contributed by atoms with Gasteiger partial charge in [-0.25, -0.2) is 4.79 Å². The summed E-state index contributed by atoms with van der Waals surface area (Å²) in [4.78, 5) is 17.0. The zero-order chi connectivity index (χ0) is 14.8. The van der Waals surface area contributed by atoms with E-state index in [1.165, 1.54) is 0 Å². The molecule has 2 fully saturated rings. The first-order valence-electron chi connectivity index (χ1n) is 7.43. The van der Waals surface area contributed by atoms with Gasteiger partial charge in [0.25, 0.3) is 0 Å². The maximum atomic E-state index is 12.3. The second kappa shape index (κ2) is 5.92. The van der Waals surface area contributed by atoms with Crippen LogP contribution in [-0.4, -0.2) is 35.2 Å². The molecule has 0 spiro atoms. The molecule has 2 bridgehead atoms. The zero-order valence-electron chi connectivity index (χ0n) is 12.6. The van der Waals surface area contributed by atoms with Crippen LogP contribution < -0.4 is 0 Å². The molecule has 0 aliphatic carbocycles. The smallest absolute Gasteiger partial charge is 0.410 e. The highest BCUT2D eigenvalue weighted by Gasteiger charge is 2.44. The maximum absolute atomic E-state index is 12.3. The van der Waals surface area contributed by atoms with Gasteiger partial charge in [0.15, 0.2) is 0 Å². The Hall–Kier alpha value is -1.42. The Kier molecular flexibility index (Phi) is 4.43. The van der Waals surface area contributed by atoms with Crippen molar-refractivity contribution in [1.82, 2.24) is 4.90 Å². The normalized spacial score (nSPS) is 28.9. The molecule has 0 saturated carbocycles. The highest BCUT2D eigenvalue weighted by atomic mass is 16.6. The lowest BCUT2D eigenvalue weighted by Gasteiger charge is -2.39. The molecule has 0 radical (unpaired) electrons. The van der Waals surface area contributed by atoms with Crippen LogP contribution in [-0.2, 0) is 4.74 Å². The van der Waals surface area contributed by atoms with Crippen LogP contribution in [0.3, 0.4) is 0 Å². The van der Waals surface area contributed by atoms with Gasteiger partial charge in [0.05, 0.1) is 0 Å². The number of carbonyl (C=O) groups excluding carboxylic acids is 1. The van der Waals surface area contributed by atoms with Crippen molar-refractivity contribution < 1.29 is 9.53 Å². The Morgan fingerprint density at radius 1 is 1.35 bits per heavy atom. The first-order valence-corrected chi connectivity index (χ1v) is 7.43. The van der Waals surface area contributed by atoms with Gasteiger partial charge >= 0.3 is 6.09 Å². The number of piperidine rings is 1. The Labute approximate surface area is 120 Å². The van der Waals surface area contributed by atoms with Gasteiger partial charge in [-0.3, -0.25) is 0 Å². The summed E-state index contributed by atoms with van der Waals surface area (Å²) in [6, 6.07) is 0.610. The summed E-state index contributed by atoms with van der Waals surface area (Å²) in [7, 11) is 0. The molecule has 2 aliphatic heterocycles. The topological polar surface area (TPSA) is 78.3 Å². The first-order chi connectivity index (χ1) is 9.40. The molecule has 2 aliphatic rings. The van der Waals surface area contributed by atoms with Crippen LogP contribution in [0, 0.1) is 5.92 Å². The molecule has 0 aromatic carbocycles. The molecule has 2 rings (SSSR count). The van der Waals surface area contributed by atoms with Crippen molar-refractivity contribution in [3.63, 3.8) is 0 Å². The van der Waals surface area contributed by atoms with Crippen molar-refractivity contribution in [2.75, 3.05) is 6.54 Å². The lowest BCUT2D eigenvalue weighted by Crippen LogP contribution is -2.48. The lowest BCUT2D eigenvalue weighted by molar-refractivity contribution is 0.00180. The molecule has 2 atom stereocenters. The van der Waals surface area contributed by atoms with Gasteiger partial charge in [-0.2, -0.15) is 0 Å². The van der Waals surface area contributed by atoms with E-state index in [0.29, 0.717) is 24.5 Å². The number of hydrogen-bond acceptors (Lipinski definition) is 3. The van der Waals surface area contributed by atoms with Crippen LogP contribution in [0.25, 0.3) is 10.4 Å². The fraction of sp³-hybridized carbons (Fsp3) is 0.929. The molecule has 2 unspecified atom stereocenters. The molecule has 6 nitrogen and oxygen atoms in total. The van der Waals surface area contributed by atoms with E-state index in [0.717, 1.165) is 32.1 Å². The second-order valence-electron chi connectivity index (χ2n) is 6.85. The number of amides is 1. The molecule has 1 amide bonds. The van der Waals surface area contributed by atoms with E-state index >= 15 is 0 Å². The van der Waals surface area contributed by atoms with Crippen LogP contribution in [0.15, 0.2) is 5.11 Å². The zero-order valence-corrected chi connectivity index (χ0v) is 12.6. The molecule has 2 heterocycles. The van der Waals surface area contributed by atoms with Gasteiger partial charge < -0.3 is 9.64 Å². The molecule has 20 heavy (non-hydrogen) atoms. The molecule has 2 saturated heterocycles. The Balaban J connectivity index is 1.93. The third kappa shape index (κ3) is 3.57. The van der Waals surface area contributed by atoms with E-state index in [2.05, 4.69) is 10.0 Å². The number of rotatable bonds is 3. The standard InChI is InChI=1S/C14H24N4O2/c1-14(2,3)20-13(19)18-11-4-5-12(18)9-10(8-11)6-7-16-17-15/h10-12H,4-9H2,1-3H3. The maximum Gasteiger partial charge on any atom is 0.410 e. The van der Waals surface area contributed by atoms with Crippen LogP contribution in [0.1, 0.15) is 52.9 Å². The van der Waals surface area contributed by atoms with E-state index in [1.807, 2.05) is 25.7 Å². The number of hydrogen-bond donors (Lipinski definition) is 0. The second-order valence-corrected chi connectivity index (χ2v) is 6.85. The highest BCUT2D eigenvalue weighted by molar-refractivity contribution is 5.69. The van der Waals surface area contributed by atoms with Crippen molar-refractivity contribution in [3.8, 4) is 0 Å². The first kappa shape index (κ1) is 15.0. The van der Waals surface area contributed by atoms with E-state index in [9.17, 15) is 4.79 Å². The minimum atomic E-state index is -0.436. The van der Waals surface area contributed by atoms with Crippen LogP contribution in [0.5, 0.6) is 0 Å². The van der Waals surface area contributed by atoms with Gasteiger partial charge in [-0.05, 0) is 64.3 Å². The number of azide groups is 1. The Bertz CT molecular complexity index is 398. The predicted molar refractivity (Wildman–Crippen MR) is 76.2 cm³/mol. The number of ether oxygens (including phenoxy) is 1. The van der Waals surface area contributed by atoms with Crippen molar-refractivity contribution in [1.29, 1.82) is 0 Å². The molecular weight excluding hydrogens is 256 g/mol. The summed E-state index contributed by atoms with van der Waals surface area (Å²) in [6.07, 6.45) is 4.93. The van der Waals surface area contributed by atoms with Gasteiger partial charge in [0.1, 0.15) is 5.60 Å². The highest BCUT2D eigenvalue weighted by Crippen LogP contribution is 2.40. The number of carbonyl (C=O) groups is 1. The lowest BCUT2D eigenvalue weighted by atomic mass is 9.88. The molecule has 0 aromatic rings. The average Bonchev–Trinajstić information content (AvgIpc) is 2.60. The van der Waals surface area contributed by atoms with Gasteiger partial charge in [-0.15, -0.1) is 0 Å². The van der Waals surface area contributed by atoms with Crippen molar-refractivity contribution in [3.05, 3.63) is 10.4 Å². The summed E-state index contributed by atoms with van der Waals surface area (Å²) >= 11 is 0. The largest absolute Gasteiger partial charge is 0.444 e. The quantitative estimate of drug-likeness (QED) is 0.447. The molecule has 112 valence electrons. The minimum absolute atomic E-state index is 0.168. The Morgan fingerprint density at radius 3 is 2.45 bits per heavy atom. The summed E-state index contributed by atoms with van der Waals surface area (Å²) < 4.78 is 5.51. The third-order valence-electron chi connectivity index (χ3n) is 4.14. The fourth-order valence-corrected chi connectivity index (χ4v) is 3.42. The monoisotopic (exact) mass is 280 g/mol. The van der Waals surface area contributed by atoms with Gasteiger partial charge in [0, 0.05) is 23.5 Å². The number of nitrogens with zero attached hydrogens (tertiary/aromatic N) is 4. The van der Waals surface area contributed by atoms with Crippen LogP contribution in [0.4, 0.5) is 4.79 Å². The van der Waals surface area contributed by atoms with E-state index in [-0.39, 0.29) is 6.09 Å². The van der Waals surface area contributed by atoms with E-state index < -0.39 is 5.60 Å². The van der Waals surface area contributed by atoms with Gasteiger partial charge in [-0.1, -0.05) is 5.11 Å². The minimum Gasteiger partial charge on any atom is -0.444 e. The van der Waals surface area contributed by atoms with Crippen LogP contribution >= 0.6 is 0 Å². The van der Waals surface area contributed by atoms with E-state index in [4.69, 9.17) is 10.3 Å². The molecule has 6 heteroatoms. The fourth-order valence-electron chi connectivity index (χ4n) is 3.42. The van der Waals surface area contributed by atoms with Crippen molar-refractivity contribution in [2.45, 2.75) is 70.6 Å². The average molecular weight is 280 g/mol.